The van der Waals surface area contributed by atoms with Gasteiger partial charge < -0.3 is 10.2 Å². The van der Waals surface area contributed by atoms with Gasteiger partial charge in [-0.25, -0.2) is 0 Å². The van der Waals surface area contributed by atoms with Crippen LogP contribution in [0.4, 0.5) is 5.69 Å². The van der Waals surface area contributed by atoms with Crippen LogP contribution in [0.25, 0.3) is 0 Å². The molecule has 0 saturated carbocycles. The lowest BCUT2D eigenvalue weighted by Gasteiger charge is -2.31. The summed E-state index contributed by atoms with van der Waals surface area (Å²) in [5, 5.41) is 3.53. The fourth-order valence-corrected chi connectivity index (χ4v) is 2.49. The molecule has 0 amide bonds. The summed E-state index contributed by atoms with van der Waals surface area (Å²) in [6, 6.07) is 7.39. The molecule has 2 atom stereocenters. The molecule has 2 heteroatoms. The number of benzene rings is 1. The number of hydrogen-bond donors (Lipinski definition) is 1. The summed E-state index contributed by atoms with van der Waals surface area (Å²) in [4.78, 5) is 2.54. The first-order valence-corrected chi connectivity index (χ1v) is 6.62. The second-order valence-electron chi connectivity index (χ2n) is 5.53. The quantitative estimate of drug-likeness (QED) is 0.801. The normalized spacial score (nSPS) is 25.8. The molecular formula is C15H24N2. The van der Waals surface area contributed by atoms with Gasteiger partial charge in [0, 0.05) is 24.8 Å². The van der Waals surface area contributed by atoms with Gasteiger partial charge in [-0.3, -0.25) is 0 Å². The molecule has 0 aliphatic carbocycles. The first-order valence-electron chi connectivity index (χ1n) is 6.62. The van der Waals surface area contributed by atoms with Crippen LogP contribution in [0.1, 0.15) is 25.0 Å². The largest absolute Gasteiger partial charge is 0.367 e. The van der Waals surface area contributed by atoms with Crippen molar-refractivity contribution in [2.75, 3.05) is 24.5 Å². The molecule has 1 aliphatic heterocycles. The molecule has 0 spiro atoms. The van der Waals surface area contributed by atoms with Gasteiger partial charge in [0.2, 0.25) is 0 Å². The Kier molecular flexibility index (Phi) is 3.72. The van der Waals surface area contributed by atoms with E-state index in [-0.39, 0.29) is 0 Å². The predicted octanol–water partition coefficient (Wildman–Crippen LogP) is 2.74. The molecule has 0 aromatic heterocycles. The third-order valence-corrected chi connectivity index (χ3v) is 3.80. The zero-order valence-electron chi connectivity index (χ0n) is 11.5. The fraction of sp³-hybridized carbons (Fsp3) is 0.600. The van der Waals surface area contributed by atoms with Crippen LogP contribution in [-0.2, 0) is 0 Å². The van der Waals surface area contributed by atoms with E-state index in [4.69, 9.17) is 0 Å². The number of rotatable bonds is 1. The molecule has 2 rings (SSSR count). The lowest BCUT2D eigenvalue weighted by molar-refractivity contribution is 0.564. The number of anilines is 1. The van der Waals surface area contributed by atoms with Crippen LogP contribution in [0.3, 0.4) is 0 Å². The minimum Gasteiger partial charge on any atom is -0.367 e. The van der Waals surface area contributed by atoms with Crippen LogP contribution in [0.15, 0.2) is 18.2 Å². The van der Waals surface area contributed by atoms with E-state index in [0.717, 1.165) is 19.6 Å². The first-order chi connectivity index (χ1) is 8.08. The average Bonchev–Trinajstić information content (AvgIpc) is 2.45. The van der Waals surface area contributed by atoms with E-state index in [1.54, 1.807) is 0 Å². The Hall–Kier alpha value is -1.02. The minimum absolute atomic E-state index is 0.571. The maximum absolute atomic E-state index is 3.53. The van der Waals surface area contributed by atoms with Gasteiger partial charge in [-0.15, -0.1) is 0 Å². The van der Waals surface area contributed by atoms with E-state index in [1.807, 2.05) is 0 Å². The molecule has 1 aromatic rings. The first kappa shape index (κ1) is 12.4. The Labute approximate surface area is 105 Å². The van der Waals surface area contributed by atoms with Gasteiger partial charge in [0.1, 0.15) is 0 Å². The van der Waals surface area contributed by atoms with E-state index < -0.39 is 0 Å². The van der Waals surface area contributed by atoms with Gasteiger partial charge in [-0.05, 0) is 56.5 Å². The molecule has 1 heterocycles. The van der Waals surface area contributed by atoms with Crippen molar-refractivity contribution in [3.63, 3.8) is 0 Å². The van der Waals surface area contributed by atoms with Gasteiger partial charge >= 0.3 is 0 Å². The van der Waals surface area contributed by atoms with Crippen molar-refractivity contribution in [3.8, 4) is 0 Å². The molecule has 94 valence electrons. The summed E-state index contributed by atoms with van der Waals surface area (Å²) in [5.74, 6) is 0.710. The molecular weight excluding hydrogens is 208 g/mol. The maximum atomic E-state index is 3.53. The summed E-state index contributed by atoms with van der Waals surface area (Å²) in [6.07, 6.45) is 0. The van der Waals surface area contributed by atoms with Gasteiger partial charge in [0.05, 0.1) is 0 Å². The van der Waals surface area contributed by atoms with E-state index in [2.05, 4.69) is 56.1 Å². The van der Waals surface area contributed by atoms with Gasteiger partial charge in [-0.1, -0.05) is 13.0 Å². The van der Waals surface area contributed by atoms with Crippen LogP contribution in [0.2, 0.25) is 0 Å². The molecule has 1 aliphatic rings. The number of nitrogens with zero attached hydrogens (tertiary/aromatic N) is 1. The molecule has 1 fully saturated rings. The molecule has 1 saturated heterocycles. The molecule has 1 aromatic carbocycles. The third kappa shape index (κ3) is 2.81. The molecule has 0 bridgehead atoms. The van der Waals surface area contributed by atoms with Gasteiger partial charge in [0.15, 0.2) is 0 Å². The number of aryl methyl sites for hydroxylation is 2. The Morgan fingerprint density at radius 1 is 1.12 bits per heavy atom. The SMILES string of the molecule is Cc1ccc(N2CC(C)CNCC2C)cc1C. The van der Waals surface area contributed by atoms with E-state index in [9.17, 15) is 0 Å². The molecule has 2 unspecified atom stereocenters. The maximum Gasteiger partial charge on any atom is 0.0386 e. The molecule has 0 radical (unpaired) electrons. The van der Waals surface area contributed by atoms with Crippen molar-refractivity contribution in [3.05, 3.63) is 29.3 Å². The Bertz CT molecular complexity index is 387. The second-order valence-corrected chi connectivity index (χ2v) is 5.53. The van der Waals surface area contributed by atoms with E-state index in [0.29, 0.717) is 12.0 Å². The van der Waals surface area contributed by atoms with Crippen molar-refractivity contribution in [1.82, 2.24) is 5.32 Å². The van der Waals surface area contributed by atoms with Crippen LogP contribution < -0.4 is 10.2 Å². The zero-order valence-corrected chi connectivity index (χ0v) is 11.5. The van der Waals surface area contributed by atoms with E-state index >= 15 is 0 Å². The van der Waals surface area contributed by atoms with Crippen molar-refractivity contribution in [1.29, 1.82) is 0 Å². The van der Waals surface area contributed by atoms with Gasteiger partial charge in [-0.2, -0.15) is 0 Å². The third-order valence-electron chi connectivity index (χ3n) is 3.80. The monoisotopic (exact) mass is 232 g/mol. The summed E-state index contributed by atoms with van der Waals surface area (Å²) in [5.41, 5.74) is 4.14. The highest BCUT2D eigenvalue weighted by molar-refractivity contribution is 5.51. The van der Waals surface area contributed by atoms with Crippen molar-refractivity contribution in [2.45, 2.75) is 33.7 Å². The highest BCUT2D eigenvalue weighted by atomic mass is 15.2. The Morgan fingerprint density at radius 2 is 1.88 bits per heavy atom. The van der Waals surface area contributed by atoms with E-state index in [1.165, 1.54) is 16.8 Å². The van der Waals surface area contributed by atoms with Crippen molar-refractivity contribution < 1.29 is 0 Å². The number of nitrogens with one attached hydrogen (secondary N) is 1. The Balaban J connectivity index is 2.26. The van der Waals surface area contributed by atoms with Gasteiger partial charge in [0.25, 0.3) is 0 Å². The topological polar surface area (TPSA) is 15.3 Å². The van der Waals surface area contributed by atoms with Crippen LogP contribution in [0.5, 0.6) is 0 Å². The van der Waals surface area contributed by atoms with Crippen LogP contribution in [0, 0.1) is 19.8 Å². The van der Waals surface area contributed by atoms with Crippen molar-refractivity contribution in [2.24, 2.45) is 5.92 Å². The average molecular weight is 232 g/mol. The fourth-order valence-electron chi connectivity index (χ4n) is 2.49. The highest BCUT2D eigenvalue weighted by Gasteiger charge is 2.20. The second kappa shape index (κ2) is 5.09. The van der Waals surface area contributed by atoms with Crippen LogP contribution in [-0.4, -0.2) is 25.7 Å². The molecule has 2 nitrogen and oxygen atoms in total. The van der Waals surface area contributed by atoms with Crippen molar-refractivity contribution >= 4 is 5.69 Å². The van der Waals surface area contributed by atoms with Crippen LogP contribution >= 0.6 is 0 Å². The summed E-state index contributed by atoms with van der Waals surface area (Å²) < 4.78 is 0. The molecule has 1 N–H and O–H groups in total. The lowest BCUT2D eigenvalue weighted by Crippen LogP contribution is -2.38. The predicted molar refractivity (Wildman–Crippen MR) is 74.8 cm³/mol. The summed E-state index contributed by atoms with van der Waals surface area (Å²) >= 11 is 0. The summed E-state index contributed by atoms with van der Waals surface area (Å²) in [7, 11) is 0. The lowest BCUT2D eigenvalue weighted by atomic mass is 10.1. The minimum atomic E-state index is 0.571. The zero-order chi connectivity index (χ0) is 12.4. The standard InChI is InChI=1S/C15H24N2/c1-11-8-16-9-14(4)17(10-11)15-6-5-12(2)13(3)7-15/h5-7,11,14,16H,8-10H2,1-4H3. The smallest absolute Gasteiger partial charge is 0.0386 e. The molecule has 17 heavy (non-hydrogen) atoms. The highest BCUT2D eigenvalue weighted by Crippen LogP contribution is 2.23. The number of hydrogen-bond acceptors (Lipinski definition) is 2. The Morgan fingerprint density at radius 3 is 2.59 bits per heavy atom. The summed E-state index contributed by atoms with van der Waals surface area (Å²) in [6.45, 7) is 12.4.